The summed E-state index contributed by atoms with van der Waals surface area (Å²) >= 11 is 0. The van der Waals surface area contributed by atoms with Crippen molar-refractivity contribution in [2.75, 3.05) is 32.0 Å². The summed E-state index contributed by atoms with van der Waals surface area (Å²) in [6.45, 7) is 8.43. The average molecular weight is 313 g/mol. The van der Waals surface area contributed by atoms with Crippen LogP contribution in [0.3, 0.4) is 0 Å². The van der Waals surface area contributed by atoms with Crippen molar-refractivity contribution in [3.05, 3.63) is 24.3 Å². The van der Waals surface area contributed by atoms with Crippen molar-refractivity contribution in [1.29, 1.82) is 0 Å². The maximum Gasteiger partial charge on any atom is 0.240 e. The zero-order valence-corrected chi connectivity index (χ0v) is 14.2. The lowest BCUT2D eigenvalue weighted by atomic mass is 10.3. The van der Waals surface area contributed by atoms with Crippen molar-refractivity contribution >= 4 is 15.7 Å². The van der Waals surface area contributed by atoms with Gasteiger partial charge >= 0.3 is 0 Å². The molecule has 0 bridgehead atoms. The van der Waals surface area contributed by atoms with Crippen molar-refractivity contribution in [3.63, 3.8) is 0 Å². The highest BCUT2D eigenvalue weighted by atomic mass is 32.2. The quantitative estimate of drug-likeness (QED) is 0.686. The van der Waals surface area contributed by atoms with Crippen LogP contribution < -0.4 is 10.0 Å². The van der Waals surface area contributed by atoms with E-state index in [2.05, 4.69) is 35.8 Å². The van der Waals surface area contributed by atoms with E-state index in [1.54, 1.807) is 31.2 Å². The molecule has 5 nitrogen and oxygen atoms in total. The first-order valence-corrected chi connectivity index (χ1v) is 8.89. The van der Waals surface area contributed by atoms with Gasteiger partial charge in [-0.1, -0.05) is 6.92 Å². The highest BCUT2D eigenvalue weighted by Gasteiger charge is 2.11. The Labute approximate surface area is 128 Å². The van der Waals surface area contributed by atoms with E-state index in [1.807, 2.05) is 0 Å². The van der Waals surface area contributed by atoms with E-state index in [0.717, 1.165) is 25.2 Å². The summed E-state index contributed by atoms with van der Waals surface area (Å²) in [5, 5.41) is 3.31. The van der Waals surface area contributed by atoms with Crippen LogP contribution in [0.4, 0.5) is 5.69 Å². The Kier molecular flexibility index (Phi) is 7.14. The van der Waals surface area contributed by atoms with Crippen molar-refractivity contribution in [1.82, 2.24) is 9.62 Å². The molecule has 0 aliphatic heterocycles. The molecule has 0 saturated heterocycles. The van der Waals surface area contributed by atoms with Gasteiger partial charge in [0, 0.05) is 24.8 Å². The van der Waals surface area contributed by atoms with E-state index >= 15 is 0 Å². The second kappa shape index (κ2) is 8.36. The summed E-state index contributed by atoms with van der Waals surface area (Å²) in [6.07, 6.45) is 1.05. The Morgan fingerprint density at radius 1 is 1.19 bits per heavy atom. The van der Waals surface area contributed by atoms with Crippen LogP contribution in [0.25, 0.3) is 0 Å². The molecule has 1 aromatic carbocycles. The van der Waals surface area contributed by atoms with Crippen LogP contribution in [-0.2, 0) is 10.0 Å². The molecule has 0 atom stereocenters. The number of benzene rings is 1. The Balaban J connectivity index is 2.45. The Bertz CT molecular complexity index is 512. The smallest absolute Gasteiger partial charge is 0.240 e. The zero-order chi connectivity index (χ0) is 15.9. The standard InChI is InChI=1S/C15H27N3O2S/c1-5-17-21(19,20)15-9-7-14(8-10-15)16-11-6-12-18(4)13(2)3/h7-10,13,16-17H,5-6,11-12H2,1-4H3. The minimum Gasteiger partial charge on any atom is -0.385 e. The van der Waals surface area contributed by atoms with Gasteiger partial charge in [0.2, 0.25) is 10.0 Å². The topological polar surface area (TPSA) is 61.4 Å². The van der Waals surface area contributed by atoms with Gasteiger partial charge in [0.1, 0.15) is 0 Å². The first-order chi connectivity index (χ1) is 9.86. The Hall–Kier alpha value is -1.11. The minimum absolute atomic E-state index is 0.300. The van der Waals surface area contributed by atoms with Crippen LogP contribution >= 0.6 is 0 Å². The number of nitrogens with one attached hydrogen (secondary N) is 2. The lowest BCUT2D eigenvalue weighted by Crippen LogP contribution is -2.28. The number of nitrogens with zero attached hydrogens (tertiary/aromatic N) is 1. The molecule has 21 heavy (non-hydrogen) atoms. The van der Waals surface area contributed by atoms with Crippen LogP contribution in [0.15, 0.2) is 29.2 Å². The first kappa shape index (κ1) is 17.9. The summed E-state index contributed by atoms with van der Waals surface area (Å²) in [6, 6.07) is 7.41. The fraction of sp³-hybridized carbons (Fsp3) is 0.600. The summed E-state index contributed by atoms with van der Waals surface area (Å²) in [7, 11) is -1.24. The number of hydrogen-bond donors (Lipinski definition) is 2. The van der Waals surface area contributed by atoms with Crippen LogP contribution in [0.1, 0.15) is 27.2 Å². The number of rotatable bonds is 9. The maximum absolute atomic E-state index is 11.8. The van der Waals surface area contributed by atoms with Gasteiger partial charge in [-0.3, -0.25) is 0 Å². The Morgan fingerprint density at radius 3 is 2.33 bits per heavy atom. The number of sulfonamides is 1. The molecule has 0 radical (unpaired) electrons. The van der Waals surface area contributed by atoms with Gasteiger partial charge in [0.25, 0.3) is 0 Å². The summed E-state index contributed by atoms with van der Waals surface area (Å²) in [5.74, 6) is 0. The van der Waals surface area contributed by atoms with Gasteiger partial charge < -0.3 is 10.2 Å². The lowest BCUT2D eigenvalue weighted by molar-refractivity contribution is 0.273. The molecule has 0 aliphatic carbocycles. The molecule has 1 rings (SSSR count). The molecule has 2 N–H and O–H groups in total. The molecule has 0 aliphatic rings. The van der Waals surface area contributed by atoms with E-state index < -0.39 is 10.0 Å². The van der Waals surface area contributed by atoms with E-state index in [0.29, 0.717) is 17.5 Å². The molecule has 0 heterocycles. The van der Waals surface area contributed by atoms with Crippen molar-refractivity contribution in [2.45, 2.75) is 38.1 Å². The fourth-order valence-corrected chi connectivity index (χ4v) is 2.89. The van der Waals surface area contributed by atoms with E-state index in [9.17, 15) is 8.42 Å². The third-order valence-electron chi connectivity index (χ3n) is 3.40. The summed E-state index contributed by atoms with van der Waals surface area (Å²) < 4.78 is 26.1. The molecule has 0 saturated carbocycles. The van der Waals surface area contributed by atoms with Crippen molar-refractivity contribution < 1.29 is 8.42 Å². The van der Waals surface area contributed by atoms with Gasteiger partial charge in [-0.2, -0.15) is 0 Å². The molecule has 1 aromatic rings. The fourth-order valence-electron chi connectivity index (χ4n) is 1.84. The highest BCUT2D eigenvalue weighted by Crippen LogP contribution is 2.13. The van der Waals surface area contributed by atoms with Gasteiger partial charge in [-0.25, -0.2) is 13.1 Å². The van der Waals surface area contributed by atoms with E-state index in [-0.39, 0.29) is 0 Å². The molecular formula is C15H27N3O2S. The molecule has 6 heteroatoms. The maximum atomic E-state index is 11.8. The predicted octanol–water partition coefficient (Wildman–Crippen LogP) is 2.13. The van der Waals surface area contributed by atoms with Gasteiger partial charge in [0.05, 0.1) is 4.90 Å². The molecular weight excluding hydrogens is 286 g/mol. The van der Waals surface area contributed by atoms with Crippen LogP contribution in [-0.4, -0.2) is 46.0 Å². The van der Waals surface area contributed by atoms with Crippen LogP contribution in [0.5, 0.6) is 0 Å². The predicted molar refractivity (Wildman–Crippen MR) is 88.2 cm³/mol. The summed E-state index contributed by atoms with van der Waals surface area (Å²) in [5.41, 5.74) is 0.942. The molecule has 0 unspecified atom stereocenters. The molecule has 0 amide bonds. The average Bonchev–Trinajstić information content (AvgIpc) is 2.43. The Morgan fingerprint density at radius 2 is 1.81 bits per heavy atom. The normalized spacial score (nSPS) is 12.1. The second-order valence-corrected chi connectivity index (χ2v) is 7.15. The third kappa shape index (κ3) is 6.03. The van der Waals surface area contributed by atoms with Crippen molar-refractivity contribution in [2.24, 2.45) is 0 Å². The zero-order valence-electron chi connectivity index (χ0n) is 13.4. The van der Waals surface area contributed by atoms with Gasteiger partial charge in [-0.15, -0.1) is 0 Å². The largest absolute Gasteiger partial charge is 0.385 e. The molecule has 120 valence electrons. The molecule has 0 spiro atoms. The van der Waals surface area contributed by atoms with Gasteiger partial charge in [-0.05, 0) is 58.1 Å². The van der Waals surface area contributed by atoms with Gasteiger partial charge in [0.15, 0.2) is 0 Å². The van der Waals surface area contributed by atoms with Crippen molar-refractivity contribution in [3.8, 4) is 0 Å². The van der Waals surface area contributed by atoms with E-state index in [4.69, 9.17) is 0 Å². The van der Waals surface area contributed by atoms with Crippen LogP contribution in [0.2, 0.25) is 0 Å². The number of anilines is 1. The lowest BCUT2D eigenvalue weighted by Gasteiger charge is -2.20. The number of hydrogen-bond acceptors (Lipinski definition) is 4. The molecule has 0 aromatic heterocycles. The van der Waals surface area contributed by atoms with E-state index in [1.165, 1.54) is 0 Å². The van der Waals surface area contributed by atoms with Crippen LogP contribution in [0, 0.1) is 0 Å². The molecule has 0 fully saturated rings. The second-order valence-electron chi connectivity index (χ2n) is 5.38. The monoisotopic (exact) mass is 313 g/mol. The minimum atomic E-state index is -3.36. The highest BCUT2D eigenvalue weighted by molar-refractivity contribution is 7.89. The first-order valence-electron chi connectivity index (χ1n) is 7.40. The summed E-state index contributed by atoms with van der Waals surface area (Å²) in [4.78, 5) is 2.60. The SMILES string of the molecule is CCNS(=O)(=O)c1ccc(NCCCN(C)C(C)C)cc1. The third-order valence-corrected chi connectivity index (χ3v) is 4.96.